The fraction of sp³-hybridized carbons (Fsp3) is 0.524. The normalized spacial score (nSPS) is 16.5. The topological polar surface area (TPSA) is 86.7 Å². The van der Waals surface area contributed by atoms with E-state index in [1.54, 1.807) is 47.0 Å². The lowest BCUT2D eigenvalue weighted by Gasteiger charge is -2.31. The van der Waals surface area contributed by atoms with Crippen LogP contribution < -0.4 is 10.6 Å². The molecule has 0 atom stereocenters. The lowest BCUT2D eigenvalue weighted by atomic mass is 9.98. The number of aryl methyl sites for hydroxylation is 1. The third-order valence-corrected chi connectivity index (χ3v) is 8.43. The summed E-state index contributed by atoms with van der Waals surface area (Å²) < 4.78 is 27.1. The fourth-order valence-electron chi connectivity index (χ4n) is 3.47. The zero-order chi connectivity index (χ0) is 21.4. The molecule has 3 rings (SSSR count). The van der Waals surface area contributed by atoms with E-state index < -0.39 is 10.0 Å². The Bertz CT molecular complexity index is 920. The Balaban J connectivity index is 1.40. The minimum atomic E-state index is -3.39. The van der Waals surface area contributed by atoms with Crippen molar-refractivity contribution in [3.8, 4) is 0 Å². The van der Waals surface area contributed by atoms with Gasteiger partial charge in [-0.3, -0.25) is 4.99 Å². The van der Waals surface area contributed by atoms with Crippen molar-refractivity contribution < 1.29 is 8.42 Å². The van der Waals surface area contributed by atoms with E-state index in [-0.39, 0.29) is 0 Å². The molecule has 7 nitrogen and oxygen atoms in total. The van der Waals surface area contributed by atoms with Crippen LogP contribution in [0, 0.1) is 5.92 Å². The molecule has 0 aliphatic carbocycles. The minimum Gasteiger partial charge on any atom is -0.356 e. The predicted octanol–water partition coefficient (Wildman–Crippen LogP) is 2.51. The summed E-state index contributed by atoms with van der Waals surface area (Å²) in [4.78, 5) is 10.4. The van der Waals surface area contributed by atoms with Crippen LogP contribution in [-0.2, 0) is 22.9 Å². The number of aliphatic imine (C=N–C) groups is 1. The van der Waals surface area contributed by atoms with Crippen LogP contribution in [0.2, 0.25) is 0 Å². The highest BCUT2D eigenvalue weighted by atomic mass is 32.2. The van der Waals surface area contributed by atoms with E-state index >= 15 is 0 Å². The number of nitrogens with one attached hydrogen (secondary N) is 2. The lowest BCUT2D eigenvalue weighted by Crippen LogP contribution is -2.44. The van der Waals surface area contributed by atoms with Gasteiger partial charge in [-0.1, -0.05) is 25.1 Å². The predicted molar refractivity (Wildman–Crippen MR) is 122 cm³/mol. The number of piperidine rings is 1. The average Bonchev–Trinajstić information content (AvgIpc) is 3.25. The van der Waals surface area contributed by atoms with Crippen LogP contribution in [0.3, 0.4) is 0 Å². The monoisotopic (exact) mass is 449 g/mol. The first kappa shape index (κ1) is 22.7. The van der Waals surface area contributed by atoms with E-state index in [9.17, 15) is 8.42 Å². The standard InChI is InChI=1S/C21H31N5O2S2/c1-3-18-16-24-20(29-18)9-12-23-21(22-2)25-15-17-10-13-26(14-11-17)30(27,28)19-7-5-4-6-8-19/h4-8,16-17H,3,9-15H2,1-2H3,(H2,22,23,25). The molecular formula is C21H31N5O2S2. The van der Waals surface area contributed by atoms with Gasteiger partial charge in [0.1, 0.15) is 0 Å². The van der Waals surface area contributed by atoms with Crippen LogP contribution >= 0.6 is 11.3 Å². The second-order valence-electron chi connectivity index (χ2n) is 7.36. The van der Waals surface area contributed by atoms with Crippen molar-refractivity contribution in [1.82, 2.24) is 19.9 Å². The Labute approximate surface area is 183 Å². The van der Waals surface area contributed by atoms with Crippen molar-refractivity contribution in [3.05, 3.63) is 46.4 Å². The van der Waals surface area contributed by atoms with Crippen molar-refractivity contribution in [2.45, 2.75) is 37.5 Å². The van der Waals surface area contributed by atoms with E-state index in [2.05, 4.69) is 27.5 Å². The van der Waals surface area contributed by atoms with Gasteiger partial charge in [0, 0.05) is 50.7 Å². The molecule has 0 unspecified atom stereocenters. The molecule has 1 aliphatic rings. The summed E-state index contributed by atoms with van der Waals surface area (Å²) >= 11 is 1.76. The summed E-state index contributed by atoms with van der Waals surface area (Å²) in [6.07, 6.45) is 5.54. The van der Waals surface area contributed by atoms with Crippen LogP contribution in [0.1, 0.15) is 29.7 Å². The van der Waals surface area contributed by atoms with Crippen LogP contribution in [0.5, 0.6) is 0 Å². The number of hydrogen-bond donors (Lipinski definition) is 2. The molecule has 1 saturated heterocycles. The molecule has 164 valence electrons. The maximum atomic E-state index is 12.7. The molecule has 2 heterocycles. The van der Waals surface area contributed by atoms with E-state index in [0.29, 0.717) is 23.9 Å². The Morgan fingerprint density at radius 1 is 1.23 bits per heavy atom. The Morgan fingerprint density at radius 3 is 2.60 bits per heavy atom. The molecule has 0 radical (unpaired) electrons. The van der Waals surface area contributed by atoms with Gasteiger partial charge in [-0.2, -0.15) is 4.31 Å². The summed E-state index contributed by atoms with van der Waals surface area (Å²) in [6.45, 7) is 4.82. The van der Waals surface area contributed by atoms with E-state index in [0.717, 1.165) is 49.7 Å². The molecule has 2 N–H and O–H groups in total. The number of guanidine groups is 1. The molecule has 0 amide bonds. The maximum Gasteiger partial charge on any atom is 0.243 e. The first-order valence-corrected chi connectivity index (χ1v) is 12.7. The molecule has 2 aromatic rings. The summed E-state index contributed by atoms with van der Waals surface area (Å²) in [7, 11) is -1.62. The molecule has 9 heteroatoms. The van der Waals surface area contributed by atoms with Gasteiger partial charge in [0.15, 0.2) is 5.96 Å². The first-order valence-electron chi connectivity index (χ1n) is 10.5. The number of nitrogens with zero attached hydrogens (tertiary/aromatic N) is 3. The number of sulfonamides is 1. The van der Waals surface area contributed by atoms with Gasteiger partial charge in [-0.15, -0.1) is 11.3 Å². The van der Waals surface area contributed by atoms with Gasteiger partial charge < -0.3 is 10.6 Å². The Morgan fingerprint density at radius 2 is 1.97 bits per heavy atom. The summed E-state index contributed by atoms with van der Waals surface area (Å²) in [6, 6.07) is 8.68. The number of hydrogen-bond acceptors (Lipinski definition) is 5. The number of rotatable bonds is 8. The largest absolute Gasteiger partial charge is 0.356 e. The van der Waals surface area contributed by atoms with Gasteiger partial charge in [0.05, 0.1) is 9.90 Å². The Kier molecular flexibility index (Phi) is 8.24. The van der Waals surface area contributed by atoms with Gasteiger partial charge >= 0.3 is 0 Å². The lowest BCUT2D eigenvalue weighted by molar-refractivity contribution is 0.273. The van der Waals surface area contributed by atoms with Gasteiger partial charge in [0.2, 0.25) is 10.0 Å². The third kappa shape index (κ3) is 6.02. The molecule has 1 aromatic carbocycles. The van der Waals surface area contributed by atoms with Gasteiger partial charge in [-0.25, -0.2) is 13.4 Å². The van der Waals surface area contributed by atoms with Crippen molar-refractivity contribution >= 4 is 27.3 Å². The summed E-state index contributed by atoms with van der Waals surface area (Å²) in [5.74, 6) is 1.21. The highest BCUT2D eigenvalue weighted by Crippen LogP contribution is 2.23. The second-order valence-corrected chi connectivity index (χ2v) is 10.5. The zero-order valence-electron chi connectivity index (χ0n) is 17.7. The first-order chi connectivity index (χ1) is 14.5. The number of benzene rings is 1. The fourth-order valence-corrected chi connectivity index (χ4v) is 5.82. The zero-order valence-corrected chi connectivity index (χ0v) is 19.3. The highest BCUT2D eigenvalue weighted by molar-refractivity contribution is 7.89. The molecule has 0 saturated carbocycles. The van der Waals surface area contributed by atoms with Gasteiger partial charge in [0.25, 0.3) is 0 Å². The van der Waals surface area contributed by atoms with Crippen LogP contribution in [0.15, 0.2) is 46.4 Å². The van der Waals surface area contributed by atoms with Crippen LogP contribution in [-0.4, -0.2) is 56.9 Å². The summed E-state index contributed by atoms with van der Waals surface area (Å²) in [5, 5.41) is 7.86. The molecule has 30 heavy (non-hydrogen) atoms. The van der Waals surface area contributed by atoms with E-state index in [1.165, 1.54) is 4.88 Å². The van der Waals surface area contributed by atoms with E-state index in [4.69, 9.17) is 0 Å². The minimum absolute atomic E-state index is 0.373. The van der Waals surface area contributed by atoms with Crippen molar-refractivity contribution in [3.63, 3.8) is 0 Å². The van der Waals surface area contributed by atoms with Crippen molar-refractivity contribution in [2.24, 2.45) is 10.9 Å². The number of aromatic nitrogens is 1. The smallest absolute Gasteiger partial charge is 0.243 e. The quantitative estimate of drug-likeness (QED) is 0.478. The molecule has 1 fully saturated rings. The van der Waals surface area contributed by atoms with Crippen molar-refractivity contribution in [1.29, 1.82) is 0 Å². The molecule has 1 aromatic heterocycles. The third-order valence-electron chi connectivity index (χ3n) is 5.32. The maximum absolute atomic E-state index is 12.7. The molecule has 0 bridgehead atoms. The molecule has 0 spiro atoms. The molecule has 1 aliphatic heterocycles. The SMILES string of the molecule is CCc1cnc(CCNC(=NC)NCC2CCN(S(=O)(=O)c3ccccc3)CC2)s1. The van der Waals surface area contributed by atoms with Crippen LogP contribution in [0.25, 0.3) is 0 Å². The second kappa shape index (κ2) is 10.9. The Hall–Kier alpha value is -1.97. The van der Waals surface area contributed by atoms with Gasteiger partial charge in [-0.05, 0) is 37.3 Å². The number of thiazole rings is 1. The summed E-state index contributed by atoms with van der Waals surface area (Å²) in [5.41, 5.74) is 0. The van der Waals surface area contributed by atoms with Crippen LogP contribution in [0.4, 0.5) is 0 Å². The van der Waals surface area contributed by atoms with E-state index in [1.807, 2.05) is 12.3 Å². The molecular weight excluding hydrogens is 418 g/mol. The average molecular weight is 450 g/mol. The van der Waals surface area contributed by atoms with Crippen molar-refractivity contribution in [2.75, 3.05) is 33.2 Å². The highest BCUT2D eigenvalue weighted by Gasteiger charge is 2.29.